The van der Waals surface area contributed by atoms with Gasteiger partial charge in [0.2, 0.25) is 0 Å². The van der Waals surface area contributed by atoms with E-state index in [9.17, 15) is 0 Å². The summed E-state index contributed by atoms with van der Waals surface area (Å²) in [6.45, 7) is 3.25. The van der Waals surface area contributed by atoms with Crippen LogP contribution in [0.4, 0.5) is 0 Å². The van der Waals surface area contributed by atoms with Crippen LogP contribution in [0.1, 0.15) is 36.9 Å². The minimum absolute atomic E-state index is 0.408. The summed E-state index contributed by atoms with van der Waals surface area (Å²) < 4.78 is 10.9. The minimum Gasteiger partial charge on any atom is -0.493 e. The molecule has 1 N–H and O–H groups in total. The molecule has 1 aliphatic heterocycles. The van der Waals surface area contributed by atoms with Gasteiger partial charge in [-0.3, -0.25) is 0 Å². The summed E-state index contributed by atoms with van der Waals surface area (Å²) in [5.74, 6) is 1.72. The second-order valence-corrected chi connectivity index (χ2v) is 4.42. The van der Waals surface area contributed by atoms with Crippen molar-refractivity contribution in [1.29, 1.82) is 0 Å². The molecule has 0 saturated carbocycles. The molecule has 1 aliphatic rings. The number of ether oxygens (including phenoxy) is 2. The van der Waals surface area contributed by atoms with Crippen LogP contribution in [0.3, 0.4) is 0 Å². The van der Waals surface area contributed by atoms with Gasteiger partial charge in [0.05, 0.1) is 14.2 Å². The summed E-state index contributed by atoms with van der Waals surface area (Å²) in [4.78, 5) is 0. The Balaban J connectivity index is 2.45. The standard InChI is InChI=1S/C14H21NO2/c1-4-10-8-11(12-6-5-7-15-12)14(17-3)13(9-10)16-2/h8-9,12,15H,4-7H2,1-3H3. The van der Waals surface area contributed by atoms with Gasteiger partial charge in [-0.05, 0) is 37.4 Å². The first kappa shape index (κ1) is 12.2. The summed E-state index contributed by atoms with van der Waals surface area (Å²) in [6, 6.07) is 4.71. The molecule has 2 rings (SSSR count). The number of rotatable bonds is 4. The van der Waals surface area contributed by atoms with E-state index in [0.717, 1.165) is 24.5 Å². The lowest BCUT2D eigenvalue weighted by Crippen LogP contribution is -2.14. The van der Waals surface area contributed by atoms with Crippen molar-refractivity contribution in [2.75, 3.05) is 20.8 Å². The molecule has 1 aromatic carbocycles. The van der Waals surface area contributed by atoms with Gasteiger partial charge in [-0.2, -0.15) is 0 Å². The number of nitrogens with one attached hydrogen (secondary N) is 1. The molecule has 0 radical (unpaired) electrons. The van der Waals surface area contributed by atoms with Crippen LogP contribution in [0.2, 0.25) is 0 Å². The van der Waals surface area contributed by atoms with Crippen molar-refractivity contribution in [3.63, 3.8) is 0 Å². The van der Waals surface area contributed by atoms with Crippen LogP contribution in [0.25, 0.3) is 0 Å². The summed E-state index contributed by atoms with van der Waals surface area (Å²) >= 11 is 0. The lowest BCUT2D eigenvalue weighted by Gasteiger charge is -2.19. The van der Waals surface area contributed by atoms with E-state index in [1.807, 2.05) is 0 Å². The predicted octanol–water partition coefficient (Wildman–Crippen LogP) is 2.69. The third-order valence-electron chi connectivity index (χ3n) is 3.41. The van der Waals surface area contributed by atoms with Gasteiger partial charge in [-0.25, -0.2) is 0 Å². The van der Waals surface area contributed by atoms with Crippen LogP contribution in [0.5, 0.6) is 11.5 Å². The number of hydrogen-bond acceptors (Lipinski definition) is 3. The van der Waals surface area contributed by atoms with Crippen LogP contribution in [-0.4, -0.2) is 20.8 Å². The molecule has 1 unspecified atom stereocenters. The van der Waals surface area contributed by atoms with Crippen LogP contribution in [0.15, 0.2) is 12.1 Å². The van der Waals surface area contributed by atoms with E-state index in [4.69, 9.17) is 9.47 Å². The normalized spacial score (nSPS) is 19.4. The first-order valence-corrected chi connectivity index (χ1v) is 6.28. The summed E-state index contributed by atoms with van der Waals surface area (Å²) in [5, 5.41) is 3.51. The van der Waals surface area contributed by atoms with Crippen molar-refractivity contribution < 1.29 is 9.47 Å². The minimum atomic E-state index is 0.408. The van der Waals surface area contributed by atoms with E-state index >= 15 is 0 Å². The molecule has 3 nitrogen and oxygen atoms in total. The van der Waals surface area contributed by atoms with E-state index in [1.165, 1.54) is 24.0 Å². The Morgan fingerprint density at radius 3 is 2.65 bits per heavy atom. The lowest BCUT2D eigenvalue weighted by atomic mass is 9.99. The molecule has 1 fully saturated rings. The first-order valence-electron chi connectivity index (χ1n) is 6.28. The van der Waals surface area contributed by atoms with Crippen LogP contribution in [0, 0.1) is 0 Å². The van der Waals surface area contributed by atoms with Crippen LogP contribution in [-0.2, 0) is 6.42 Å². The maximum atomic E-state index is 5.51. The molecule has 0 spiro atoms. The summed E-state index contributed by atoms with van der Waals surface area (Å²) in [6.07, 6.45) is 3.42. The second kappa shape index (κ2) is 5.41. The van der Waals surface area contributed by atoms with E-state index in [-0.39, 0.29) is 0 Å². The monoisotopic (exact) mass is 235 g/mol. The Morgan fingerprint density at radius 1 is 1.29 bits per heavy atom. The molecule has 1 saturated heterocycles. The smallest absolute Gasteiger partial charge is 0.165 e. The highest BCUT2D eigenvalue weighted by atomic mass is 16.5. The molecular formula is C14H21NO2. The highest BCUT2D eigenvalue weighted by molar-refractivity contribution is 5.51. The Hall–Kier alpha value is -1.22. The van der Waals surface area contributed by atoms with Gasteiger partial charge in [0.15, 0.2) is 11.5 Å². The Bertz CT molecular complexity index is 384. The van der Waals surface area contributed by atoms with Crippen LogP contribution < -0.4 is 14.8 Å². The van der Waals surface area contributed by atoms with E-state index < -0.39 is 0 Å². The fraction of sp³-hybridized carbons (Fsp3) is 0.571. The molecule has 1 aromatic rings. The quantitative estimate of drug-likeness (QED) is 0.870. The highest BCUT2D eigenvalue weighted by Crippen LogP contribution is 2.38. The van der Waals surface area contributed by atoms with Gasteiger partial charge in [-0.1, -0.05) is 13.0 Å². The Labute approximate surface area is 103 Å². The third-order valence-corrected chi connectivity index (χ3v) is 3.41. The zero-order valence-corrected chi connectivity index (χ0v) is 10.9. The number of benzene rings is 1. The average Bonchev–Trinajstić information content (AvgIpc) is 2.90. The summed E-state index contributed by atoms with van der Waals surface area (Å²) in [5.41, 5.74) is 2.53. The van der Waals surface area contributed by atoms with Gasteiger partial charge < -0.3 is 14.8 Å². The first-order chi connectivity index (χ1) is 8.30. The molecular weight excluding hydrogens is 214 g/mol. The zero-order chi connectivity index (χ0) is 12.3. The van der Waals surface area contributed by atoms with Gasteiger partial charge in [-0.15, -0.1) is 0 Å². The average molecular weight is 235 g/mol. The van der Waals surface area contributed by atoms with E-state index in [2.05, 4.69) is 24.4 Å². The fourth-order valence-electron chi connectivity index (χ4n) is 2.47. The van der Waals surface area contributed by atoms with E-state index in [0.29, 0.717) is 6.04 Å². The van der Waals surface area contributed by atoms with Crippen molar-refractivity contribution in [2.24, 2.45) is 0 Å². The van der Waals surface area contributed by atoms with Crippen LogP contribution >= 0.6 is 0 Å². The lowest BCUT2D eigenvalue weighted by molar-refractivity contribution is 0.348. The summed E-state index contributed by atoms with van der Waals surface area (Å²) in [7, 11) is 3.41. The van der Waals surface area contributed by atoms with Gasteiger partial charge in [0, 0.05) is 11.6 Å². The molecule has 1 heterocycles. The predicted molar refractivity (Wildman–Crippen MR) is 68.9 cm³/mol. The second-order valence-electron chi connectivity index (χ2n) is 4.42. The molecule has 0 aromatic heterocycles. The van der Waals surface area contributed by atoms with Gasteiger partial charge in [0.1, 0.15) is 0 Å². The largest absolute Gasteiger partial charge is 0.493 e. The van der Waals surface area contributed by atoms with E-state index in [1.54, 1.807) is 14.2 Å². The SMILES string of the molecule is CCc1cc(OC)c(OC)c(C2CCCN2)c1. The molecule has 17 heavy (non-hydrogen) atoms. The maximum Gasteiger partial charge on any atom is 0.165 e. The molecule has 0 bridgehead atoms. The number of aryl methyl sites for hydroxylation is 1. The third kappa shape index (κ3) is 2.39. The van der Waals surface area contributed by atoms with Crippen molar-refractivity contribution in [3.05, 3.63) is 23.3 Å². The molecule has 1 atom stereocenters. The number of methoxy groups -OCH3 is 2. The topological polar surface area (TPSA) is 30.5 Å². The van der Waals surface area contributed by atoms with Crippen molar-refractivity contribution in [2.45, 2.75) is 32.2 Å². The van der Waals surface area contributed by atoms with Gasteiger partial charge >= 0.3 is 0 Å². The molecule has 3 heteroatoms. The molecule has 0 amide bonds. The van der Waals surface area contributed by atoms with Crippen molar-refractivity contribution >= 4 is 0 Å². The highest BCUT2D eigenvalue weighted by Gasteiger charge is 2.22. The van der Waals surface area contributed by atoms with Gasteiger partial charge in [0.25, 0.3) is 0 Å². The fourth-order valence-corrected chi connectivity index (χ4v) is 2.47. The Kier molecular flexibility index (Phi) is 3.89. The molecule has 0 aliphatic carbocycles. The van der Waals surface area contributed by atoms with Crippen molar-refractivity contribution in [1.82, 2.24) is 5.32 Å². The zero-order valence-electron chi connectivity index (χ0n) is 10.9. The van der Waals surface area contributed by atoms with Crippen molar-refractivity contribution in [3.8, 4) is 11.5 Å². The molecule has 94 valence electrons. The number of hydrogen-bond donors (Lipinski definition) is 1. The Morgan fingerprint density at radius 2 is 2.12 bits per heavy atom. The maximum absolute atomic E-state index is 5.51.